The van der Waals surface area contributed by atoms with Gasteiger partial charge in [-0.05, 0) is 12.3 Å². The van der Waals surface area contributed by atoms with Gasteiger partial charge in [-0.2, -0.15) is 0 Å². The normalized spacial score (nSPS) is 10.5. The first-order valence-electron chi connectivity index (χ1n) is 6.36. The Morgan fingerprint density at radius 3 is 1.74 bits per heavy atom. The van der Waals surface area contributed by atoms with Crippen molar-refractivity contribution in [3.05, 3.63) is 0 Å². The van der Waals surface area contributed by atoms with Crippen molar-refractivity contribution < 1.29 is 19.8 Å². The first kappa shape index (κ1) is 25.5. The SMILES string of the molecule is CCCCCCCC(C(=O)O)(C(=O)O)C(C)C.[KH].[NaH]. The molecule has 0 amide bonds. The molecule has 0 fully saturated rings. The molecule has 0 aromatic heterocycles. The number of carboxylic acid groups (broad SMARTS) is 2. The first-order valence-corrected chi connectivity index (χ1v) is 6.36. The van der Waals surface area contributed by atoms with Crippen LogP contribution in [0.4, 0.5) is 0 Å². The fourth-order valence-corrected chi connectivity index (χ4v) is 2.10. The van der Waals surface area contributed by atoms with Crippen LogP contribution in [0.3, 0.4) is 0 Å². The molecule has 6 heteroatoms. The van der Waals surface area contributed by atoms with E-state index >= 15 is 0 Å². The molecule has 0 aliphatic carbocycles. The summed E-state index contributed by atoms with van der Waals surface area (Å²) in [6, 6.07) is 0. The number of hydrogen-bond donors (Lipinski definition) is 2. The van der Waals surface area contributed by atoms with Crippen LogP contribution in [0.15, 0.2) is 0 Å². The van der Waals surface area contributed by atoms with Crippen LogP contribution in [0.1, 0.15) is 59.3 Å². The Hall–Kier alpha value is 1.58. The maximum atomic E-state index is 11.2. The third-order valence-corrected chi connectivity index (χ3v) is 3.42. The molecule has 0 saturated carbocycles. The van der Waals surface area contributed by atoms with E-state index in [9.17, 15) is 19.8 Å². The minimum absolute atomic E-state index is 0. The fourth-order valence-electron chi connectivity index (χ4n) is 2.10. The van der Waals surface area contributed by atoms with Gasteiger partial charge in [-0.1, -0.05) is 52.9 Å². The molecule has 0 aromatic rings. The zero-order valence-electron chi connectivity index (χ0n) is 11.0. The number of unbranched alkanes of at least 4 members (excludes halogenated alkanes) is 4. The molecule has 0 rings (SSSR count). The van der Waals surface area contributed by atoms with E-state index < -0.39 is 23.3 Å². The summed E-state index contributed by atoms with van der Waals surface area (Å²) in [4.78, 5) is 22.5. The summed E-state index contributed by atoms with van der Waals surface area (Å²) < 4.78 is 0. The second kappa shape index (κ2) is 13.3. The zero-order chi connectivity index (χ0) is 13.5. The molecule has 0 unspecified atom stereocenters. The molecule has 2 N–H and O–H groups in total. The molecule has 0 aliphatic heterocycles. The molecule has 19 heavy (non-hydrogen) atoms. The van der Waals surface area contributed by atoms with Gasteiger partial charge in [0.25, 0.3) is 0 Å². The standard InChI is InChI=1S/C13H24O4.K.Na.2H/c1-4-5-6-7-8-9-13(10(2)3,11(14)15)12(16)17;;;;/h10H,4-9H2,1-3H3,(H,14,15)(H,16,17);;;;. The van der Waals surface area contributed by atoms with Crippen molar-refractivity contribution in [3.8, 4) is 0 Å². The van der Waals surface area contributed by atoms with Gasteiger partial charge >= 0.3 is 92.9 Å². The quantitative estimate of drug-likeness (QED) is 0.387. The summed E-state index contributed by atoms with van der Waals surface area (Å²) in [6.45, 7) is 5.43. The zero-order valence-corrected chi connectivity index (χ0v) is 11.0. The molecular formula is C13H26KNaO4. The van der Waals surface area contributed by atoms with Gasteiger partial charge in [-0.3, -0.25) is 9.59 Å². The van der Waals surface area contributed by atoms with E-state index in [-0.39, 0.29) is 87.4 Å². The number of aliphatic carboxylic acids is 2. The monoisotopic (exact) mass is 308 g/mol. The molecule has 0 saturated heterocycles. The van der Waals surface area contributed by atoms with E-state index in [0.29, 0.717) is 6.42 Å². The Morgan fingerprint density at radius 2 is 1.42 bits per heavy atom. The van der Waals surface area contributed by atoms with Gasteiger partial charge in [0.05, 0.1) is 0 Å². The summed E-state index contributed by atoms with van der Waals surface area (Å²) >= 11 is 0. The van der Waals surface area contributed by atoms with Gasteiger partial charge in [0.1, 0.15) is 0 Å². The van der Waals surface area contributed by atoms with Crippen molar-refractivity contribution in [2.45, 2.75) is 59.3 Å². The van der Waals surface area contributed by atoms with Crippen LogP contribution in [0, 0.1) is 11.3 Å². The second-order valence-corrected chi connectivity index (χ2v) is 4.90. The molecule has 0 heterocycles. The van der Waals surface area contributed by atoms with Crippen molar-refractivity contribution in [2.75, 3.05) is 0 Å². The van der Waals surface area contributed by atoms with Crippen molar-refractivity contribution >= 4 is 92.9 Å². The van der Waals surface area contributed by atoms with E-state index in [2.05, 4.69) is 6.92 Å². The van der Waals surface area contributed by atoms with Crippen molar-refractivity contribution in [2.24, 2.45) is 11.3 Å². The minimum atomic E-state index is -1.62. The molecule has 0 aromatic carbocycles. The summed E-state index contributed by atoms with van der Waals surface area (Å²) in [5, 5.41) is 18.4. The fraction of sp³-hybridized carbons (Fsp3) is 0.846. The van der Waals surface area contributed by atoms with Crippen LogP contribution >= 0.6 is 0 Å². The number of carboxylic acids is 2. The molecule has 0 spiro atoms. The molecule has 0 aliphatic rings. The number of carbonyl (C=O) groups is 2. The van der Waals surface area contributed by atoms with Crippen molar-refractivity contribution in [3.63, 3.8) is 0 Å². The molecular weight excluding hydrogens is 282 g/mol. The van der Waals surface area contributed by atoms with Gasteiger partial charge in [0, 0.05) is 0 Å². The van der Waals surface area contributed by atoms with Crippen LogP contribution in [-0.2, 0) is 9.59 Å². The molecule has 4 nitrogen and oxygen atoms in total. The van der Waals surface area contributed by atoms with E-state index in [1.807, 2.05) is 0 Å². The van der Waals surface area contributed by atoms with E-state index in [1.165, 1.54) is 0 Å². The Morgan fingerprint density at radius 1 is 1.00 bits per heavy atom. The second-order valence-electron chi connectivity index (χ2n) is 4.90. The van der Waals surface area contributed by atoms with Crippen LogP contribution in [0.25, 0.3) is 0 Å². The molecule has 104 valence electrons. The molecule has 0 bridgehead atoms. The summed E-state index contributed by atoms with van der Waals surface area (Å²) in [7, 11) is 0. The predicted molar refractivity (Wildman–Crippen MR) is 80.2 cm³/mol. The average molecular weight is 308 g/mol. The van der Waals surface area contributed by atoms with Gasteiger partial charge in [0.2, 0.25) is 0 Å². The average Bonchev–Trinajstić information content (AvgIpc) is 2.21. The van der Waals surface area contributed by atoms with Crippen molar-refractivity contribution in [1.82, 2.24) is 0 Å². The van der Waals surface area contributed by atoms with Crippen LogP contribution in [-0.4, -0.2) is 103 Å². The van der Waals surface area contributed by atoms with E-state index in [1.54, 1.807) is 13.8 Å². The van der Waals surface area contributed by atoms with Gasteiger partial charge in [-0.25, -0.2) is 0 Å². The van der Waals surface area contributed by atoms with Crippen LogP contribution < -0.4 is 0 Å². The topological polar surface area (TPSA) is 74.6 Å². The van der Waals surface area contributed by atoms with Crippen LogP contribution in [0.2, 0.25) is 0 Å². The molecule has 0 radical (unpaired) electrons. The predicted octanol–water partition coefficient (Wildman–Crippen LogP) is 1.86. The van der Waals surface area contributed by atoms with E-state index in [0.717, 1.165) is 25.7 Å². The van der Waals surface area contributed by atoms with Gasteiger partial charge in [0.15, 0.2) is 5.41 Å². The summed E-state index contributed by atoms with van der Waals surface area (Å²) in [6.07, 6.45) is 5.07. The number of hydrogen-bond acceptors (Lipinski definition) is 2. The third-order valence-electron chi connectivity index (χ3n) is 3.42. The summed E-state index contributed by atoms with van der Waals surface area (Å²) in [5.74, 6) is -2.82. The van der Waals surface area contributed by atoms with Gasteiger partial charge in [-0.15, -0.1) is 0 Å². The Labute approximate surface area is 180 Å². The number of rotatable bonds is 9. The molecule has 0 atom stereocenters. The van der Waals surface area contributed by atoms with Crippen LogP contribution in [0.5, 0.6) is 0 Å². The van der Waals surface area contributed by atoms with E-state index in [4.69, 9.17) is 0 Å². The van der Waals surface area contributed by atoms with Gasteiger partial charge < -0.3 is 10.2 Å². The Bertz CT molecular complexity index is 255. The van der Waals surface area contributed by atoms with Crippen molar-refractivity contribution in [1.29, 1.82) is 0 Å². The third kappa shape index (κ3) is 7.95. The first-order chi connectivity index (χ1) is 7.89. The maximum absolute atomic E-state index is 11.2. The Kier molecular flexibility index (Phi) is 17.8. The Balaban J connectivity index is -0.00000128. The summed E-state index contributed by atoms with van der Waals surface area (Å²) in [5.41, 5.74) is -1.62.